The normalized spacial score (nSPS) is 10.5. The SMILES string of the molecule is CCCOC(=O)c1c(NC(=O)Cn2cc([N+](=O)[O-])c(OC)n2)sc(C(=O)N(C)C)c1C. The Morgan fingerprint density at radius 2 is 2.03 bits per heavy atom. The number of rotatable bonds is 9. The van der Waals surface area contributed by atoms with Crippen LogP contribution in [0.2, 0.25) is 0 Å². The second-order valence-electron chi connectivity index (χ2n) is 6.62. The first-order valence-electron chi connectivity index (χ1n) is 9.18. The van der Waals surface area contributed by atoms with Gasteiger partial charge in [-0.2, -0.15) is 0 Å². The molecule has 0 aliphatic carbocycles. The van der Waals surface area contributed by atoms with E-state index in [-0.39, 0.29) is 41.2 Å². The molecule has 1 N–H and O–H groups in total. The Morgan fingerprint density at radius 1 is 1.35 bits per heavy atom. The van der Waals surface area contributed by atoms with Crippen molar-refractivity contribution in [1.82, 2.24) is 14.7 Å². The molecule has 0 bridgehead atoms. The van der Waals surface area contributed by atoms with Crippen molar-refractivity contribution in [3.63, 3.8) is 0 Å². The fourth-order valence-corrected chi connectivity index (χ4v) is 3.81. The van der Waals surface area contributed by atoms with E-state index in [9.17, 15) is 24.5 Å². The smallest absolute Gasteiger partial charge is 0.350 e. The lowest BCUT2D eigenvalue weighted by Crippen LogP contribution is -2.21. The summed E-state index contributed by atoms with van der Waals surface area (Å²) in [4.78, 5) is 49.6. The molecule has 0 spiro atoms. The van der Waals surface area contributed by atoms with Crippen molar-refractivity contribution >= 4 is 39.8 Å². The van der Waals surface area contributed by atoms with Crippen molar-refractivity contribution in [2.24, 2.45) is 0 Å². The highest BCUT2D eigenvalue weighted by Gasteiger charge is 2.28. The summed E-state index contributed by atoms with van der Waals surface area (Å²) in [5.41, 5.74) is 0.113. The molecule has 2 rings (SSSR count). The summed E-state index contributed by atoms with van der Waals surface area (Å²) in [6.45, 7) is 3.26. The van der Waals surface area contributed by atoms with Crippen LogP contribution in [0.4, 0.5) is 10.7 Å². The van der Waals surface area contributed by atoms with Gasteiger partial charge in [-0.1, -0.05) is 6.92 Å². The zero-order valence-corrected chi connectivity index (χ0v) is 18.6. The van der Waals surface area contributed by atoms with Gasteiger partial charge in [-0.05, 0) is 18.9 Å². The van der Waals surface area contributed by atoms with Gasteiger partial charge in [0.1, 0.15) is 17.7 Å². The van der Waals surface area contributed by atoms with Gasteiger partial charge in [-0.3, -0.25) is 24.4 Å². The average Bonchev–Trinajstić information content (AvgIpc) is 3.26. The molecule has 2 aromatic rings. The van der Waals surface area contributed by atoms with Crippen molar-refractivity contribution in [2.45, 2.75) is 26.8 Å². The molecule has 0 aliphatic heterocycles. The van der Waals surface area contributed by atoms with Gasteiger partial charge in [0, 0.05) is 14.1 Å². The molecule has 0 aromatic carbocycles. The van der Waals surface area contributed by atoms with E-state index in [4.69, 9.17) is 9.47 Å². The highest BCUT2D eigenvalue weighted by molar-refractivity contribution is 7.18. The van der Waals surface area contributed by atoms with Crippen LogP contribution in [0.3, 0.4) is 0 Å². The molecule has 31 heavy (non-hydrogen) atoms. The maximum absolute atomic E-state index is 12.6. The Balaban J connectivity index is 2.33. The molecule has 12 nitrogen and oxygen atoms in total. The number of aromatic nitrogens is 2. The van der Waals surface area contributed by atoms with E-state index in [2.05, 4.69) is 10.4 Å². The maximum Gasteiger partial charge on any atom is 0.350 e. The molecule has 0 aliphatic rings. The van der Waals surface area contributed by atoms with E-state index in [1.807, 2.05) is 6.92 Å². The van der Waals surface area contributed by atoms with Crippen LogP contribution in [0, 0.1) is 17.0 Å². The van der Waals surface area contributed by atoms with E-state index in [0.717, 1.165) is 22.2 Å². The molecule has 0 saturated heterocycles. The fourth-order valence-electron chi connectivity index (χ4n) is 2.58. The third-order valence-electron chi connectivity index (χ3n) is 4.05. The monoisotopic (exact) mass is 453 g/mol. The lowest BCUT2D eigenvalue weighted by Gasteiger charge is -2.09. The highest BCUT2D eigenvalue weighted by atomic mass is 32.1. The van der Waals surface area contributed by atoms with E-state index < -0.39 is 16.8 Å². The second-order valence-corrected chi connectivity index (χ2v) is 7.64. The predicted molar refractivity (Wildman–Crippen MR) is 112 cm³/mol. The predicted octanol–water partition coefficient (Wildman–Crippen LogP) is 2.08. The van der Waals surface area contributed by atoms with E-state index in [1.165, 1.54) is 12.0 Å². The number of nitrogens with zero attached hydrogens (tertiary/aromatic N) is 4. The van der Waals surface area contributed by atoms with Gasteiger partial charge in [0.25, 0.3) is 5.91 Å². The molecular weight excluding hydrogens is 430 g/mol. The van der Waals surface area contributed by atoms with Crippen LogP contribution in [0.15, 0.2) is 6.20 Å². The quantitative estimate of drug-likeness (QED) is 0.345. The lowest BCUT2D eigenvalue weighted by molar-refractivity contribution is -0.385. The molecule has 0 atom stereocenters. The summed E-state index contributed by atoms with van der Waals surface area (Å²) in [6, 6.07) is 0. The molecule has 168 valence electrons. The Labute approximate surface area is 181 Å². The summed E-state index contributed by atoms with van der Waals surface area (Å²) in [7, 11) is 4.38. The Kier molecular flexibility index (Phi) is 7.69. The topological polar surface area (TPSA) is 146 Å². The van der Waals surface area contributed by atoms with Gasteiger partial charge in [-0.25, -0.2) is 4.79 Å². The molecule has 2 heterocycles. The number of carbonyl (C=O) groups excluding carboxylic acids is 3. The lowest BCUT2D eigenvalue weighted by atomic mass is 10.1. The highest BCUT2D eigenvalue weighted by Crippen LogP contribution is 2.34. The number of esters is 1. The van der Waals surface area contributed by atoms with Crippen molar-refractivity contribution < 1.29 is 28.8 Å². The van der Waals surface area contributed by atoms with Gasteiger partial charge >= 0.3 is 17.5 Å². The third kappa shape index (κ3) is 5.36. The van der Waals surface area contributed by atoms with Crippen molar-refractivity contribution in [3.8, 4) is 5.88 Å². The van der Waals surface area contributed by atoms with Crippen LogP contribution in [0.1, 0.15) is 38.9 Å². The Morgan fingerprint density at radius 3 is 2.55 bits per heavy atom. The van der Waals surface area contributed by atoms with Crippen molar-refractivity contribution in [3.05, 3.63) is 32.3 Å². The van der Waals surface area contributed by atoms with E-state index in [0.29, 0.717) is 16.9 Å². The zero-order valence-electron chi connectivity index (χ0n) is 17.8. The van der Waals surface area contributed by atoms with Crippen LogP contribution < -0.4 is 10.1 Å². The summed E-state index contributed by atoms with van der Waals surface area (Å²) in [5.74, 6) is -1.80. The van der Waals surface area contributed by atoms with Gasteiger partial charge in [0.2, 0.25) is 5.91 Å². The minimum absolute atomic E-state index is 0.0982. The molecule has 13 heteroatoms. The minimum Gasteiger partial charge on any atom is -0.475 e. The molecule has 0 radical (unpaired) electrons. The average molecular weight is 453 g/mol. The standard InChI is InChI=1S/C18H23N5O7S/c1-6-7-30-18(26)13-10(2)14(17(25)21(3)4)31-16(13)19-12(24)9-22-8-11(23(27)28)15(20-22)29-5/h8H,6-7,9H2,1-5H3,(H,19,24). The molecule has 0 saturated carbocycles. The molecule has 2 amide bonds. The van der Waals surface area contributed by atoms with Gasteiger partial charge < -0.3 is 19.7 Å². The molecule has 0 fully saturated rings. The molecule has 0 unspecified atom stereocenters. The summed E-state index contributed by atoms with van der Waals surface area (Å²) in [6.07, 6.45) is 1.68. The number of nitro groups is 1. The Hall–Kier alpha value is -3.48. The second kappa shape index (κ2) is 10.0. The van der Waals surface area contributed by atoms with Crippen LogP contribution in [0.5, 0.6) is 5.88 Å². The van der Waals surface area contributed by atoms with Crippen LogP contribution >= 0.6 is 11.3 Å². The largest absolute Gasteiger partial charge is 0.475 e. The van der Waals surface area contributed by atoms with E-state index >= 15 is 0 Å². The first kappa shape index (κ1) is 23.8. The van der Waals surface area contributed by atoms with E-state index in [1.54, 1.807) is 21.0 Å². The molecule has 2 aromatic heterocycles. The van der Waals surface area contributed by atoms with Crippen molar-refractivity contribution in [1.29, 1.82) is 0 Å². The fraction of sp³-hybridized carbons (Fsp3) is 0.444. The summed E-state index contributed by atoms with van der Waals surface area (Å²) < 4.78 is 11.1. The number of anilines is 1. The number of ether oxygens (including phenoxy) is 2. The van der Waals surface area contributed by atoms with Gasteiger partial charge in [0.15, 0.2) is 0 Å². The third-order valence-corrected chi connectivity index (χ3v) is 5.24. The van der Waals surface area contributed by atoms with Gasteiger partial charge in [0.05, 0.1) is 29.1 Å². The summed E-state index contributed by atoms with van der Waals surface area (Å²) >= 11 is 0.954. The number of amides is 2. The number of methoxy groups -OCH3 is 1. The van der Waals surface area contributed by atoms with Crippen molar-refractivity contribution in [2.75, 3.05) is 33.1 Å². The maximum atomic E-state index is 12.6. The van der Waals surface area contributed by atoms with Crippen LogP contribution in [-0.2, 0) is 16.1 Å². The zero-order chi connectivity index (χ0) is 23.3. The summed E-state index contributed by atoms with van der Waals surface area (Å²) in [5, 5.41) is 17.6. The number of carbonyl (C=O) groups is 3. The number of hydrogen-bond acceptors (Lipinski definition) is 9. The Bertz CT molecular complexity index is 1010. The number of hydrogen-bond donors (Lipinski definition) is 1. The van der Waals surface area contributed by atoms with Crippen LogP contribution in [-0.4, -0.2) is 65.2 Å². The minimum atomic E-state index is -0.677. The number of nitrogens with one attached hydrogen (secondary N) is 1. The molecular formula is C18H23N5O7S. The first-order valence-corrected chi connectivity index (χ1v) is 10.00. The van der Waals surface area contributed by atoms with Gasteiger partial charge in [-0.15, -0.1) is 16.4 Å². The van der Waals surface area contributed by atoms with Crippen LogP contribution in [0.25, 0.3) is 0 Å². The first-order chi connectivity index (χ1) is 14.6. The number of thiophene rings is 1.